The van der Waals surface area contributed by atoms with E-state index in [0.29, 0.717) is 19.3 Å². The van der Waals surface area contributed by atoms with E-state index >= 15 is 0 Å². The molecule has 0 aromatic rings. The molecule has 71 heavy (non-hydrogen) atoms. The summed E-state index contributed by atoms with van der Waals surface area (Å²) in [5.41, 5.74) is 0. The molecule has 0 aromatic carbocycles. The van der Waals surface area contributed by atoms with Crippen molar-refractivity contribution in [3.8, 4) is 0 Å². The zero-order valence-electron chi connectivity index (χ0n) is 47.5. The van der Waals surface area contributed by atoms with Gasteiger partial charge in [0.25, 0.3) is 0 Å². The van der Waals surface area contributed by atoms with Crippen LogP contribution in [0.25, 0.3) is 0 Å². The van der Waals surface area contributed by atoms with Crippen molar-refractivity contribution in [2.75, 3.05) is 13.2 Å². The van der Waals surface area contributed by atoms with Crippen LogP contribution >= 0.6 is 0 Å². The second-order valence-corrected chi connectivity index (χ2v) is 21.0. The Morgan fingerprint density at radius 1 is 0.282 bits per heavy atom. The van der Waals surface area contributed by atoms with Crippen LogP contribution in [0.3, 0.4) is 0 Å². The Morgan fingerprint density at radius 2 is 0.507 bits per heavy atom. The number of unbranched alkanes of at least 4 members (excludes halogenated alkanes) is 38. The summed E-state index contributed by atoms with van der Waals surface area (Å²) >= 11 is 0. The molecule has 0 bridgehead atoms. The van der Waals surface area contributed by atoms with E-state index in [1.165, 1.54) is 212 Å². The molecular formula is C65H118O6. The van der Waals surface area contributed by atoms with Gasteiger partial charge in [0, 0.05) is 19.3 Å². The number of carbonyl (C=O) groups excluding carboxylic acids is 3. The lowest BCUT2D eigenvalue weighted by Crippen LogP contribution is -2.30. The van der Waals surface area contributed by atoms with Crippen LogP contribution in [0.4, 0.5) is 0 Å². The largest absolute Gasteiger partial charge is 0.462 e. The number of hydrogen-bond donors (Lipinski definition) is 0. The fourth-order valence-corrected chi connectivity index (χ4v) is 9.09. The summed E-state index contributed by atoms with van der Waals surface area (Å²) in [7, 11) is 0. The maximum Gasteiger partial charge on any atom is 0.306 e. The predicted octanol–water partition coefficient (Wildman–Crippen LogP) is 21.0. The van der Waals surface area contributed by atoms with E-state index in [0.717, 1.165) is 77.0 Å². The van der Waals surface area contributed by atoms with E-state index in [4.69, 9.17) is 14.2 Å². The smallest absolute Gasteiger partial charge is 0.306 e. The number of allylic oxidation sites excluding steroid dienone is 8. The molecule has 6 nitrogen and oxygen atoms in total. The van der Waals surface area contributed by atoms with Crippen LogP contribution in [0, 0.1) is 0 Å². The highest BCUT2D eigenvalue weighted by molar-refractivity contribution is 5.71. The number of esters is 3. The van der Waals surface area contributed by atoms with Crippen LogP contribution in [0.5, 0.6) is 0 Å². The van der Waals surface area contributed by atoms with Gasteiger partial charge in [0.05, 0.1) is 0 Å². The van der Waals surface area contributed by atoms with E-state index in [2.05, 4.69) is 69.4 Å². The van der Waals surface area contributed by atoms with Crippen LogP contribution in [-0.4, -0.2) is 37.2 Å². The van der Waals surface area contributed by atoms with Gasteiger partial charge < -0.3 is 14.2 Å². The molecule has 0 fully saturated rings. The van der Waals surface area contributed by atoms with Gasteiger partial charge in [-0.1, -0.05) is 275 Å². The van der Waals surface area contributed by atoms with E-state index in [1.807, 2.05) is 0 Å². The molecule has 0 aliphatic carbocycles. The third-order valence-corrected chi connectivity index (χ3v) is 13.8. The first-order valence-electron chi connectivity index (χ1n) is 31.1. The van der Waals surface area contributed by atoms with Crippen molar-refractivity contribution in [3.63, 3.8) is 0 Å². The molecule has 0 amide bonds. The minimum absolute atomic E-state index is 0.0732. The number of hydrogen-bond acceptors (Lipinski definition) is 6. The molecular weight excluding hydrogens is 877 g/mol. The summed E-state index contributed by atoms with van der Waals surface area (Å²) in [6.07, 6.45) is 74.4. The first-order valence-corrected chi connectivity index (χ1v) is 31.1. The quantitative estimate of drug-likeness (QED) is 0.0261. The average Bonchev–Trinajstić information content (AvgIpc) is 3.37. The average molecular weight is 996 g/mol. The summed E-state index contributed by atoms with van der Waals surface area (Å²) in [4.78, 5) is 37.9. The molecule has 0 aliphatic heterocycles. The Kier molecular flexibility index (Phi) is 57.7. The van der Waals surface area contributed by atoms with Gasteiger partial charge in [-0.15, -0.1) is 0 Å². The zero-order chi connectivity index (χ0) is 51.4. The van der Waals surface area contributed by atoms with Gasteiger partial charge in [-0.05, 0) is 83.5 Å². The SMILES string of the molecule is CCCCCC/C=C\C/C=C\CCCCCCCCCC(=O)OC(COC(=O)CCCCCCCC)COC(=O)CCCCCCCCCCCCCCCCCCC/C=C\C/C=C\CCCCCCC. The lowest BCUT2D eigenvalue weighted by Gasteiger charge is -2.18. The Bertz CT molecular complexity index is 1230. The molecule has 0 N–H and O–H groups in total. The summed E-state index contributed by atoms with van der Waals surface area (Å²) in [6, 6.07) is 0. The topological polar surface area (TPSA) is 78.9 Å². The van der Waals surface area contributed by atoms with Crippen molar-refractivity contribution >= 4 is 17.9 Å². The molecule has 414 valence electrons. The van der Waals surface area contributed by atoms with Gasteiger partial charge >= 0.3 is 17.9 Å². The van der Waals surface area contributed by atoms with Gasteiger partial charge in [-0.2, -0.15) is 0 Å². The third-order valence-electron chi connectivity index (χ3n) is 13.8. The Labute approximate surface area is 441 Å². The first kappa shape index (κ1) is 68.4. The van der Waals surface area contributed by atoms with E-state index in [-0.39, 0.29) is 31.1 Å². The van der Waals surface area contributed by atoms with E-state index < -0.39 is 6.10 Å². The molecule has 0 saturated carbocycles. The molecule has 0 aliphatic rings. The lowest BCUT2D eigenvalue weighted by atomic mass is 10.0. The lowest BCUT2D eigenvalue weighted by molar-refractivity contribution is -0.167. The monoisotopic (exact) mass is 995 g/mol. The molecule has 0 spiro atoms. The second-order valence-electron chi connectivity index (χ2n) is 21.0. The molecule has 1 atom stereocenters. The maximum absolute atomic E-state index is 12.8. The summed E-state index contributed by atoms with van der Waals surface area (Å²) < 4.78 is 16.8. The van der Waals surface area contributed by atoms with Crippen molar-refractivity contribution < 1.29 is 28.6 Å². The summed E-state index contributed by atoms with van der Waals surface area (Å²) in [5, 5.41) is 0. The molecule has 0 aromatic heterocycles. The molecule has 0 saturated heterocycles. The molecule has 0 rings (SSSR count). The summed E-state index contributed by atoms with van der Waals surface area (Å²) in [5.74, 6) is -0.876. The minimum Gasteiger partial charge on any atom is -0.462 e. The first-order chi connectivity index (χ1) is 35.0. The standard InChI is InChI=1S/C65H118O6/c1-4-7-10-13-16-18-20-22-24-26-28-29-30-31-32-33-34-35-36-37-38-40-41-43-45-47-49-52-55-58-64(67)70-61-62(60-69-63(66)57-54-51-15-12-9-6-3)71-65(68)59-56-53-50-48-46-44-42-39-27-25-23-21-19-17-14-11-8-5-2/h19-22,25-28,62H,4-18,23-24,29-61H2,1-3H3/b21-19-,22-20-,27-25-,28-26-. The molecule has 1 unspecified atom stereocenters. The number of carbonyl (C=O) groups is 3. The van der Waals surface area contributed by atoms with Gasteiger partial charge in [0.2, 0.25) is 0 Å². The van der Waals surface area contributed by atoms with Gasteiger partial charge in [0.15, 0.2) is 6.10 Å². The third kappa shape index (κ3) is 58.1. The highest BCUT2D eigenvalue weighted by Gasteiger charge is 2.19. The zero-order valence-corrected chi connectivity index (χ0v) is 47.5. The van der Waals surface area contributed by atoms with Crippen LogP contribution in [-0.2, 0) is 28.6 Å². The van der Waals surface area contributed by atoms with Gasteiger partial charge in [-0.25, -0.2) is 0 Å². The Morgan fingerprint density at radius 3 is 0.789 bits per heavy atom. The Balaban J connectivity index is 4.03. The highest BCUT2D eigenvalue weighted by Crippen LogP contribution is 2.17. The van der Waals surface area contributed by atoms with Crippen LogP contribution in [0.15, 0.2) is 48.6 Å². The van der Waals surface area contributed by atoms with Crippen molar-refractivity contribution in [2.45, 2.75) is 335 Å². The van der Waals surface area contributed by atoms with Gasteiger partial charge in [-0.3, -0.25) is 14.4 Å². The normalized spacial score (nSPS) is 12.3. The Hall–Kier alpha value is -2.63. The predicted molar refractivity (Wildman–Crippen MR) is 307 cm³/mol. The van der Waals surface area contributed by atoms with Crippen LogP contribution in [0.2, 0.25) is 0 Å². The fourth-order valence-electron chi connectivity index (χ4n) is 9.09. The van der Waals surface area contributed by atoms with Crippen LogP contribution in [0.1, 0.15) is 329 Å². The second kappa shape index (κ2) is 59.9. The van der Waals surface area contributed by atoms with Gasteiger partial charge in [0.1, 0.15) is 13.2 Å². The maximum atomic E-state index is 12.8. The van der Waals surface area contributed by atoms with Crippen LogP contribution < -0.4 is 0 Å². The fraction of sp³-hybridized carbons (Fsp3) is 0.831. The van der Waals surface area contributed by atoms with Crippen molar-refractivity contribution in [1.82, 2.24) is 0 Å². The van der Waals surface area contributed by atoms with E-state index in [1.54, 1.807) is 0 Å². The summed E-state index contributed by atoms with van der Waals surface area (Å²) in [6.45, 7) is 6.58. The van der Waals surface area contributed by atoms with Crippen molar-refractivity contribution in [2.24, 2.45) is 0 Å². The highest BCUT2D eigenvalue weighted by atomic mass is 16.6. The minimum atomic E-state index is -0.772. The van der Waals surface area contributed by atoms with Crippen molar-refractivity contribution in [1.29, 1.82) is 0 Å². The molecule has 0 heterocycles. The van der Waals surface area contributed by atoms with E-state index in [9.17, 15) is 14.4 Å². The van der Waals surface area contributed by atoms with Crippen molar-refractivity contribution in [3.05, 3.63) is 48.6 Å². The molecule has 6 heteroatoms. The number of ether oxygens (including phenoxy) is 3. The number of rotatable bonds is 57. The molecule has 0 radical (unpaired) electrons.